The molecule has 3 rings (SSSR count). The topological polar surface area (TPSA) is 122 Å². The van der Waals surface area contributed by atoms with E-state index in [1.807, 2.05) is 0 Å². The van der Waals surface area contributed by atoms with E-state index in [0.717, 1.165) is 5.56 Å². The fraction of sp³-hybridized carbons (Fsp3) is 0.304. The lowest BCUT2D eigenvalue weighted by atomic mass is 9.96. The van der Waals surface area contributed by atoms with Gasteiger partial charge in [-0.3, -0.25) is 19.2 Å². The smallest absolute Gasteiger partial charge is 0.256 e. The molecule has 1 atom stereocenters. The van der Waals surface area contributed by atoms with Gasteiger partial charge < -0.3 is 21.3 Å². The molecule has 1 saturated heterocycles. The number of anilines is 2. The first kappa shape index (κ1) is 23.3. The fourth-order valence-corrected chi connectivity index (χ4v) is 3.83. The Hall–Kier alpha value is -3.39. The molecule has 1 aliphatic heterocycles. The van der Waals surface area contributed by atoms with E-state index < -0.39 is 5.91 Å². The summed E-state index contributed by atoms with van der Waals surface area (Å²) in [4.78, 5) is 50.0. The summed E-state index contributed by atoms with van der Waals surface area (Å²) in [6.07, 6.45) is 1.42. The maximum atomic E-state index is 13.1. The van der Waals surface area contributed by atoms with Gasteiger partial charge in [0.2, 0.25) is 17.7 Å². The van der Waals surface area contributed by atoms with Gasteiger partial charge in [-0.05, 0) is 48.7 Å². The van der Waals surface area contributed by atoms with Crippen LogP contribution in [0.3, 0.4) is 0 Å². The Morgan fingerprint density at radius 3 is 2.47 bits per heavy atom. The lowest BCUT2D eigenvalue weighted by Gasteiger charge is -2.31. The van der Waals surface area contributed by atoms with Crippen molar-refractivity contribution in [2.24, 2.45) is 11.7 Å². The highest BCUT2D eigenvalue weighted by atomic mass is 35.5. The van der Waals surface area contributed by atoms with Crippen molar-refractivity contribution in [3.05, 3.63) is 58.6 Å². The summed E-state index contributed by atoms with van der Waals surface area (Å²) in [7, 11) is 0. The van der Waals surface area contributed by atoms with Gasteiger partial charge in [0.1, 0.15) is 0 Å². The van der Waals surface area contributed by atoms with Crippen molar-refractivity contribution in [3.8, 4) is 0 Å². The quantitative estimate of drug-likeness (QED) is 0.618. The van der Waals surface area contributed by atoms with E-state index in [2.05, 4.69) is 10.6 Å². The van der Waals surface area contributed by atoms with Crippen molar-refractivity contribution >= 4 is 46.6 Å². The van der Waals surface area contributed by atoms with Crippen LogP contribution in [-0.2, 0) is 20.8 Å². The Morgan fingerprint density at radius 2 is 1.81 bits per heavy atom. The van der Waals surface area contributed by atoms with Crippen molar-refractivity contribution in [3.63, 3.8) is 0 Å². The molecule has 8 nitrogen and oxygen atoms in total. The number of amides is 4. The normalized spacial score (nSPS) is 15.7. The van der Waals surface area contributed by atoms with Crippen LogP contribution >= 0.6 is 11.6 Å². The van der Waals surface area contributed by atoms with Gasteiger partial charge in [0, 0.05) is 30.7 Å². The maximum absolute atomic E-state index is 13.1. The molecule has 9 heteroatoms. The number of nitrogens with zero attached hydrogens (tertiary/aromatic N) is 1. The van der Waals surface area contributed by atoms with E-state index in [4.69, 9.17) is 17.3 Å². The second-order valence-electron chi connectivity index (χ2n) is 7.79. The van der Waals surface area contributed by atoms with E-state index >= 15 is 0 Å². The summed E-state index contributed by atoms with van der Waals surface area (Å²) in [5.41, 5.74) is 7.42. The molecule has 168 valence electrons. The van der Waals surface area contributed by atoms with Gasteiger partial charge >= 0.3 is 0 Å². The van der Waals surface area contributed by atoms with Crippen molar-refractivity contribution < 1.29 is 19.2 Å². The molecule has 1 heterocycles. The molecule has 32 heavy (non-hydrogen) atoms. The molecule has 4 N–H and O–H groups in total. The Bertz CT molecular complexity index is 1040. The number of halogens is 1. The lowest BCUT2D eigenvalue weighted by Crippen LogP contribution is -2.44. The second-order valence-corrected chi connectivity index (χ2v) is 8.22. The summed E-state index contributed by atoms with van der Waals surface area (Å²) in [5, 5.41) is 5.81. The highest BCUT2D eigenvalue weighted by Gasteiger charge is 2.29. The summed E-state index contributed by atoms with van der Waals surface area (Å²) >= 11 is 6.11. The minimum Gasteiger partial charge on any atom is -0.369 e. The van der Waals surface area contributed by atoms with Crippen molar-refractivity contribution in [2.45, 2.75) is 26.2 Å². The number of primary amides is 1. The van der Waals surface area contributed by atoms with Crippen LogP contribution in [0.4, 0.5) is 11.4 Å². The summed E-state index contributed by atoms with van der Waals surface area (Å²) < 4.78 is 0. The van der Waals surface area contributed by atoms with Gasteiger partial charge in [-0.15, -0.1) is 0 Å². The summed E-state index contributed by atoms with van der Waals surface area (Å²) in [5.74, 6) is -1.60. The lowest BCUT2D eigenvalue weighted by molar-refractivity contribution is -0.123. The van der Waals surface area contributed by atoms with E-state index in [-0.39, 0.29) is 42.2 Å². The summed E-state index contributed by atoms with van der Waals surface area (Å²) in [6, 6.07) is 11.6. The molecule has 0 aliphatic carbocycles. The molecule has 2 aromatic rings. The number of nitrogens with one attached hydrogen (secondary N) is 2. The van der Waals surface area contributed by atoms with Crippen LogP contribution in [0.5, 0.6) is 0 Å². The van der Waals surface area contributed by atoms with Crippen LogP contribution in [0.1, 0.15) is 35.7 Å². The predicted molar refractivity (Wildman–Crippen MR) is 122 cm³/mol. The van der Waals surface area contributed by atoms with Crippen LogP contribution in [-0.4, -0.2) is 41.6 Å². The first-order valence-corrected chi connectivity index (χ1v) is 10.6. The fourth-order valence-electron chi connectivity index (χ4n) is 3.66. The number of hydrogen-bond donors (Lipinski definition) is 3. The highest BCUT2D eigenvalue weighted by molar-refractivity contribution is 6.31. The van der Waals surface area contributed by atoms with Gasteiger partial charge in [-0.25, -0.2) is 0 Å². The molecule has 1 unspecified atom stereocenters. The molecule has 4 amide bonds. The zero-order valence-electron chi connectivity index (χ0n) is 17.7. The van der Waals surface area contributed by atoms with Gasteiger partial charge in [-0.2, -0.15) is 0 Å². The minimum absolute atomic E-state index is 0.0874. The summed E-state index contributed by atoms with van der Waals surface area (Å²) in [6.45, 7) is 2.17. The minimum atomic E-state index is -0.424. The zero-order chi connectivity index (χ0) is 23.3. The maximum Gasteiger partial charge on any atom is 0.256 e. The van der Waals surface area contributed by atoms with Crippen LogP contribution in [0.25, 0.3) is 0 Å². The van der Waals surface area contributed by atoms with E-state index in [9.17, 15) is 19.2 Å². The largest absolute Gasteiger partial charge is 0.369 e. The third-order valence-corrected chi connectivity index (χ3v) is 5.47. The van der Waals surface area contributed by atoms with Crippen LogP contribution < -0.4 is 16.4 Å². The molecule has 1 aliphatic rings. The van der Waals surface area contributed by atoms with Crippen molar-refractivity contribution in [2.75, 3.05) is 23.7 Å². The molecular weight excluding hydrogens is 432 g/mol. The van der Waals surface area contributed by atoms with Crippen molar-refractivity contribution in [1.29, 1.82) is 0 Å². The highest BCUT2D eigenvalue weighted by Crippen LogP contribution is 2.25. The standard InChI is InChI=1S/C23H25ClN4O4/c1-14(29)26-18-7-4-15(5-8-18)11-21(30)27-20-9-6-17(24)12-19(20)23(32)28-10-2-3-16(13-28)22(25)31/h4-9,12,16H,2-3,10-11,13H2,1H3,(H2,25,31)(H,26,29)(H,27,30). The molecule has 0 saturated carbocycles. The number of benzene rings is 2. The van der Waals surface area contributed by atoms with Gasteiger partial charge in [0.05, 0.1) is 23.6 Å². The predicted octanol–water partition coefficient (Wildman–Crippen LogP) is 2.82. The number of piperidine rings is 1. The molecule has 2 aromatic carbocycles. The second kappa shape index (κ2) is 10.3. The van der Waals surface area contributed by atoms with Gasteiger partial charge in [0.15, 0.2) is 0 Å². The third kappa shape index (κ3) is 6.07. The first-order chi connectivity index (χ1) is 15.2. The van der Waals surface area contributed by atoms with Crippen molar-refractivity contribution in [1.82, 2.24) is 4.90 Å². The number of nitrogens with two attached hydrogens (primary N) is 1. The number of hydrogen-bond acceptors (Lipinski definition) is 4. The average molecular weight is 457 g/mol. The number of likely N-dealkylation sites (tertiary alicyclic amines) is 1. The van der Waals surface area contributed by atoms with Crippen LogP contribution in [0.2, 0.25) is 5.02 Å². The zero-order valence-corrected chi connectivity index (χ0v) is 18.4. The van der Waals surface area contributed by atoms with Crippen LogP contribution in [0, 0.1) is 5.92 Å². The van der Waals surface area contributed by atoms with E-state index in [1.165, 1.54) is 13.0 Å². The average Bonchev–Trinajstić information content (AvgIpc) is 2.75. The Balaban J connectivity index is 1.71. The Labute approximate surface area is 191 Å². The molecule has 0 spiro atoms. The van der Waals surface area contributed by atoms with Crippen LogP contribution in [0.15, 0.2) is 42.5 Å². The molecule has 0 bridgehead atoms. The van der Waals surface area contributed by atoms with Gasteiger partial charge in [-0.1, -0.05) is 23.7 Å². The molecular formula is C23H25ClN4O4. The van der Waals surface area contributed by atoms with E-state index in [1.54, 1.807) is 41.3 Å². The first-order valence-electron chi connectivity index (χ1n) is 10.3. The molecule has 0 aromatic heterocycles. The van der Waals surface area contributed by atoms with Gasteiger partial charge in [0.25, 0.3) is 5.91 Å². The Morgan fingerprint density at radius 1 is 1.09 bits per heavy atom. The number of rotatable bonds is 6. The monoisotopic (exact) mass is 456 g/mol. The van der Waals surface area contributed by atoms with E-state index in [0.29, 0.717) is 35.8 Å². The number of carbonyl (C=O) groups is 4. The molecule has 0 radical (unpaired) electrons. The Kier molecular flexibility index (Phi) is 7.48. The molecule has 1 fully saturated rings. The SMILES string of the molecule is CC(=O)Nc1ccc(CC(=O)Nc2ccc(Cl)cc2C(=O)N2CCCC(C(N)=O)C2)cc1. The number of carbonyl (C=O) groups excluding carboxylic acids is 4. The third-order valence-electron chi connectivity index (χ3n) is 5.24.